The van der Waals surface area contributed by atoms with E-state index in [2.05, 4.69) is 15.5 Å². The van der Waals surface area contributed by atoms with Crippen LogP contribution in [0.2, 0.25) is 0 Å². The number of unbranched alkanes of at least 4 members (excludes halogenated alkanes) is 3. The van der Waals surface area contributed by atoms with E-state index in [1.54, 1.807) is 0 Å². The summed E-state index contributed by atoms with van der Waals surface area (Å²) in [6, 6.07) is 2.21. The van der Waals surface area contributed by atoms with Crippen molar-refractivity contribution in [2.24, 2.45) is 0 Å². The fourth-order valence-electron chi connectivity index (χ4n) is 1.37. The van der Waals surface area contributed by atoms with Crippen LogP contribution in [0.25, 0.3) is 0 Å². The Morgan fingerprint density at radius 1 is 1.06 bits per heavy atom. The summed E-state index contributed by atoms with van der Waals surface area (Å²) in [7, 11) is 0. The van der Waals surface area contributed by atoms with E-state index in [1.807, 2.05) is 0 Å². The second-order valence-electron chi connectivity index (χ2n) is 3.83. The largest absolute Gasteiger partial charge is 0.435 e. The number of hydrogen-bond donors (Lipinski definition) is 1. The smallest absolute Gasteiger partial charge is 0.369 e. The van der Waals surface area contributed by atoms with Gasteiger partial charge in [-0.1, -0.05) is 12.8 Å². The number of aromatic nitrogens is 2. The van der Waals surface area contributed by atoms with Gasteiger partial charge in [-0.05, 0) is 25.0 Å². The third-order valence-electron chi connectivity index (χ3n) is 2.32. The minimum Gasteiger partial charge on any atom is -0.369 e. The average molecular weight is 282 g/mol. The van der Waals surface area contributed by atoms with Crippen LogP contribution in [0.5, 0.6) is 0 Å². The van der Waals surface area contributed by atoms with Gasteiger partial charge in [-0.25, -0.2) is 0 Å². The van der Waals surface area contributed by atoms with Gasteiger partial charge in [-0.3, -0.25) is 0 Å². The van der Waals surface area contributed by atoms with Gasteiger partial charge in [0.1, 0.15) is 5.82 Å². The van der Waals surface area contributed by atoms with Gasteiger partial charge in [0.25, 0.3) is 0 Å². The van der Waals surface area contributed by atoms with Crippen LogP contribution in [0.3, 0.4) is 0 Å². The molecule has 0 aliphatic carbocycles. The molecule has 1 aromatic heterocycles. The maximum Gasteiger partial charge on any atom is 0.435 e. The van der Waals surface area contributed by atoms with Gasteiger partial charge < -0.3 is 5.32 Å². The monoisotopic (exact) mass is 281 g/mol. The predicted octanol–water partition coefficient (Wildman–Crippen LogP) is 3.71. The molecule has 0 amide bonds. The van der Waals surface area contributed by atoms with Crippen LogP contribution in [0.4, 0.5) is 19.0 Å². The number of alkyl halides is 4. The molecule has 1 heterocycles. The van der Waals surface area contributed by atoms with Gasteiger partial charge >= 0.3 is 6.18 Å². The van der Waals surface area contributed by atoms with Crippen LogP contribution in [0, 0.1) is 0 Å². The molecule has 7 heteroatoms. The van der Waals surface area contributed by atoms with Gasteiger partial charge in [-0.15, -0.1) is 21.8 Å². The van der Waals surface area contributed by atoms with E-state index in [1.165, 1.54) is 6.07 Å². The minimum absolute atomic E-state index is 0.361. The first-order valence-corrected chi connectivity index (χ1v) is 6.28. The van der Waals surface area contributed by atoms with E-state index in [0.717, 1.165) is 31.7 Å². The minimum atomic E-state index is -4.44. The van der Waals surface area contributed by atoms with Crippen molar-refractivity contribution in [3.63, 3.8) is 0 Å². The Morgan fingerprint density at radius 3 is 2.33 bits per heavy atom. The summed E-state index contributed by atoms with van der Waals surface area (Å²) in [5, 5.41) is 9.53. The molecule has 0 atom stereocenters. The highest BCUT2D eigenvalue weighted by atomic mass is 35.5. The first-order valence-electron chi connectivity index (χ1n) is 5.75. The standard InChI is InChI=1S/C11H15ClF3N3/c12-7-3-1-2-4-8-16-10-6-5-9(17-18-10)11(13,14)15/h5-6H,1-4,7-8H2,(H,16,18). The molecular formula is C11H15ClF3N3. The molecule has 1 N–H and O–H groups in total. The lowest BCUT2D eigenvalue weighted by Crippen LogP contribution is -2.11. The highest BCUT2D eigenvalue weighted by molar-refractivity contribution is 6.17. The summed E-state index contributed by atoms with van der Waals surface area (Å²) in [4.78, 5) is 0. The van der Waals surface area contributed by atoms with Crippen LogP contribution in [-0.4, -0.2) is 22.6 Å². The number of hydrogen-bond acceptors (Lipinski definition) is 3. The van der Waals surface area contributed by atoms with Crippen LogP contribution in [-0.2, 0) is 6.18 Å². The molecule has 0 fully saturated rings. The van der Waals surface area contributed by atoms with Gasteiger partial charge in [0, 0.05) is 12.4 Å². The molecule has 0 bridgehead atoms. The Bertz CT molecular complexity index is 340. The molecule has 1 aromatic rings. The summed E-state index contributed by atoms with van der Waals surface area (Å²) in [5.74, 6) is 1.03. The molecule has 102 valence electrons. The quantitative estimate of drug-likeness (QED) is 0.612. The summed E-state index contributed by atoms with van der Waals surface area (Å²) in [6.45, 7) is 0.669. The molecule has 1 rings (SSSR count). The Labute approximate surface area is 109 Å². The lowest BCUT2D eigenvalue weighted by atomic mass is 10.2. The van der Waals surface area contributed by atoms with E-state index >= 15 is 0 Å². The maximum atomic E-state index is 12.2. The topological polar surface area (TPSA) is 37.8 Å². The lowest BCUT2D eigenvalue weighted by molar-refractivity contribution is -0.141. The third-order valence-corrected chi connectivity index (χ3v) is 2.59. The van der Waals surface area contributed by atoms with Crippen LogP contribution in [0.1, 0.15) is 31.4 Å². The number of nitrogens with one attached hydrogen (secondary N) is 1. The molecule has 0 aliphatic heterocycles. The highest BCUT2D eigenvalue weighted by Crippen LogP contribution is 2.26. The van der Waals surface area contributed by atoms with Crippen molar-refractivity contribution >= 4 is 17.4 Å². The molecule has 0 unspecified atom stereocenters. The summed E-state index contributed by atoms with van der Waals surface area (Å²) in [5.41, 5.74) is -0.977. The number of halogens is 4. The molecular weight excluding hydrogens is 267 g/mol. The van der Waals surface area contributed by atoms with E-state index in [-0.39, 0.29) is 0 Å². The first kappa shape index (κ1) is 15.0. The maximum absolute atomic E-state index is 12.2. The number of nitrogens with zero attached hydrogens (tertiary/aromatic N) is 2. The molecule has 0 saturated heterocycles. The molecule has 0 aliphatic rings. The normalized spacial score (nSPS) is 11.6. The molecule has 0 aromatic carbocycles. The van der Waals surface area contributed by atoms with Crippen molar-refractivity contribution in [2.45, 2.75) is 31.9 Å². The fraction of sp³-hybridized carbons (Fsp3) is 0.636. The highest BCUT2D eigenvalue weighted by Gasteiger charge is 2.32. The zero-order chi connectivity index (χ0) is 13.4. The molecule has 0 saturated carbocycles. The first-order chi connectivity index (χ1) is 8.54. The van der Waals surface area contributed by atoms with E-state index in [4.69, 9.17) is 11.6 Å². The molecule has 0 radical (unpaired) electrons. The zero-order valence-electron chi connectivity index (χ0n) is 9.80. The van der Waals surface area contributed by atoms with E-state index in [9.17, 15) is 13.2 Å². The van der Waals surface area contributed by atoms with Gasteiger partial charge in [-0.2, -0.15) is 13.2 Å². The number of anilines is 1. The second kappa shape index (κ2) is 7.41. The Morgan fingerprint density at radius 2 is 1.78 bits per heavy atom. The Kier molecular flexibility index (Phi) is 6.18. The summed E-state index contributed by atoms with van der Waals surface area (Å²) in [6.07, 6.45) is -0.425. The fourth-order valence-corrected chi connectivity index (χ4v) is 1.56. The van der Waals surface area contributed by atoms with Crippen LogP contribution >= 0.6 is 11.6 Å². The number of rotatable bonds is 7. The predicted molar refractivity (Wildman–Crippen MR) is 64.7 cm³/mol. The lowest BCUT2D eigenvalue weighted by Gasteiger charge is -2.07. The van der Waals surface area contributed by atoms with Crippen molar-refractivity contribution in [3.8, 4) is 0 Å². The van der Waals surface area contributed by atoms with E-state index in [0.29, 0.717) is 18.2 Å². The molecule has 18 heavy (non-hydrogen) atoms. The van der Waals surface area contributed by atoms with Crippen molar-refractivity contribution in [2.75, 3.05) is 17.7 Å². The van der Waals surface area contributed by atoms with Crippen molar-refractivity contribution in [1.82, 2.24) is 10.2 Å². The van der Waals surface area contributed by atoms with Gasteiger partial charge in [0.05, 0.1) is 0 Å². The van der Waals surface area contributed by atoms with Crippen molar-refractivity contribution < 1.29 is 13.2 Å². The molecule has 0 spiro atoms. The average Bonchev–Trinajstić information content (AvgIpc) is 2.33. The van der Waals surface area contributed by atoms with Crippen molar-refractivity contribution in [3.05, 3.63) is 17.8 Å². The van der Waals surface area contributed by atoms with Crippen LogP contribution < -0.4 is 5.32 Å². The van der Waals surface area contributed by atoms with Gasteiger partial charge in [0.15, 0.2) is 5.69 Å². The van der Waals surface area contributed by atoms with E-state index < -0.39 is 11.9 Å². The molecule has 3 nitrogen and oxygen atoms in total. The third kappa shape index (κ3) is 5.53. The van der Waals surface area contributed by atoms with Gasteiger partial charge in [0.2, 0.25) is 0 Å². The summed E-state index contributed by atoms with van der Waals surface area (Å²) < 4.78 is 36.6. The zero-order valence-corrected chi connectivity index (χ0v) is 10.6. The summed E-state index contributed by atoms with van der Waals surface area (Å²) >= 11 is 5.54. The Balaban J connectivity index is 2.27. The van der Waals surface area contributed by atoms with Crippen LogP contribution in [0.15, 0.2) is 12.1 Å². The van der Waals surface area contributed by atoms with Crippen molar-refractivity contribution in [1.29, 1.82) is 0 Å². The second-order valence-corrected chi connectivity index (χ2v) is 4.21. The SMILES string of the molecule is FC(F)(F)c1ccc(NCCCCCCCl)nn1. The Hall–Kier alpha value is -1.04.